The number of carbonyl (C=O) groups is 1. The number of nitrogens with zero attached hydrogens (tertiary/aromatic N) is 3. The Bertz CT molecular complexity index is 956. The molecule has 0 bridgehead atoms. The highest BCUT2D eigenvalue weighted by atomic mass is 79.9. The van der Waals surface area contributed by atoms with Crippen LogP contribution in [0.3, 0.4) is 0 Å². The Balaban J connectivity index is 0.000000249. The molecule has 0 atom stereocenters. The van der Waals surface area contributed by atoms with Crippen LogP contribution in [0, 0.1) is 0 Å². The van der Waals surface area contributed by atoms with Gasteiger partial charge in [0.2, 0.25) is 0 Å². The van der Waals surface area contributed by atoms with E-state index in [9.17, 15) is 4.79 Å². The zero-order valence-electron chi connectivity index (χ0n) is 15.5. The lowest BCUT2D eigenvalue weighted by Crippen LogP contribution is -2.24. The predicted octanol–water partition coefficient (Wildman–Crippen LogP) is 4.07. The molecule has 7 heteroatoms. The Morgan fingerprint density at radius 2 is 1.89 bits per heavy atom. The lowest BCUT2D eigenvalue weighted by molar-refractivity contribution is -0.115. The summed E-state index contributed by atoms with van der Waals surface area (Å²) in [5.41, 5.74) is 6.54. The van der Waals surface area contributed by atoms with Crippen LogP contribution in [-0.4, -0.2) is 34.9 Å². The van der Waals surface area contributed by atoms with Gasteiger partial charge in [0.05, 0.1) is 10.2 Å². The van der Waals surface area contributed by atoms with E-state index in [-0.39, 0.29) is 5.91 Å². The van der Waals surface area contributed by atoms with E-state index in [0.29, 0.717) is 5.70 Å². The number of rotatable bonds is 4. The fourth-order valence-corrected chi connectivity index (χ4v) is 2.75. The maximum absolute atomic E-state index is 10.5. The van der Waals surface area contributed by atoms with E-state index in [1.807, 2.05) is 18.2 Å². The number of hydrogen-bond acceptors (Lipinski definition) is 5. The first-order valence-corrected chi connectivity index (χ1v) is 9.06. The van der Waals surface area contributed by atoms with Gasteiger partial charge in [0, 0.05) is 26.0 Å². The first-order chi connectivity index (χ1) is 12.9. The second-order valence-electron chi connectivity index (χ2n) is 5.84. The molecule has 0 saturated carbocycles. The molecule has 3 rings (SSSR count). The van der Waals surface area contributed by atoms with Crippen molar-refractivity contribution in [2.24, 2.45) is 5.73 Å². The van der Waals surface area contributed by atoms with Gasteiger partial charge in [0.1, 0.15) is 12.1 Å². The zero-order chi connectivity index (χ0) is 19.8. The number of halogens is 1. The number of allylic oxidation sites excluding steroid dienone is 1. The van der Waals surface area contributed by atoms with Crippen LogP contribution < -0.4 is 11.1 Å². The summed E-state index contributed by atoms with van der Waals surface area (Å²) >= 11 is 3.42. The molecule has 0 radical (unpaired) electrons. The Kier molecular flexibility index (Phi) is 7.31. The minimum Gasteiger partial charge on any atom is -0.374 e. The molecule has 0 spiro atoms. The predicted molar refractivity (Wildman–Crippen MR) is 114 cm³/mol. The van der Waals surface area contributed by atoms with Gasteiger partial charge in [-0.05, 0) is 45.8 Å². The van der Waals surface area contributed by atoms with E-state index in [4.69, 9.17) is 5.73 Å². The molecule has 27 heavy (non-hydrogen) atoms. The van der Waals surface area contributed by atoms with Gasteiger partial charge in [-0.25, -0.2) is 9.97 Å². The SMILES string of the molecule is Brc1cncnc1Nc1ccc2ccccc2c1.CC=C(C(N)=O)N(C)C. The highest BCUT2D eigenvalue weighted by Gasteiger charge is 2.03. The summed E-state index contributed by atoms with van der Waals surface area (Å²) in [5.74, 6) is 0.378. The molecule has 1 amide bonds. The molecule has 0 aliphatic heterocycles. The van der Waals surface area contributed by atoms with Gasteiger partial charge >= 0.3 is 0 Å². The largest absolute Gasteiger partial charge is 0.374 e. The van der Waals surface area contributed by atoms with Crippen LogP contribution in [0.4, 0.5) is 11.5 Å². The number of anilines is 2. The fraction of sp³-hybridized carbons (Fsp3) is 0.150. The van der Waals surface area contributed by atoms with E-state index < -0.39 is 0 Å². The van der Waals surface area contributed by atoms with Crippen LogP contribution in [-0.2, 0) is 4.79 Å². The van der Waals surface area contributed by atoms with E-state index in [0.717, 1.165) is 16.0 Å². The lowest BCUT2D eigenvalue weighted by Gasteiger charge is -2.12. The number of primary amides is 1. The first kappa shape index (κ1) is 20.4. The molecule has 3 N–H and O–H groups in total. The molecule has 2 aromatic carbocycles. The van der Waals surface area contributed by atoms with Crippen molar-refractivity contribution in [1.82, 2.24) is 14.9 Å². The summed E-state index contributed by atoms with van der Waals surface area (Å²) in [6.45, 7) is 1.78. The number of nitrogens with one attached hydrogen (secondary N) is 1. The van der Waals surface area contributed by atoms with Gasteiger partial charge < -0.3 is 16.0 Å². The zero-order valence-corrected chi connectivity index (χ0v) is 17.1. The maximum Gasteiger partial charge on any atom is 0.264 e. The normalized spacial score (nSPS) is 10.7. The smallest absolute Gasteiger partial charge is 0.264 e. The standard InChI is InChI=1S/C14H10BrN3.C6H12N2O/c15-13-8-16-9-17-14(13)18-12-6-5-10-3-1-2-4-11(10)7-12;1-4-5(6(7)9)8(2)3/h1-9H,(H,16,17,18);4H,1-3H3,(H2,7,9). The van der Waals surface area contributed by atoms with Crippen molar-refractivity contribution in [3.63, 3.8) is 0 Å². The Morgan fingerprint density at radius 1 is 1.19 bits per heavy atom. The van der Waals surface area contributed by atoms with Crippen LogP contribution in [0.5, 0.6) is 0 Å². The minimum absolute atomic E-state index is 0.387. The fourth-order valence-electron chi connectivity index (χ4n) is 2.43. The molecule has 0 aliphatic rings. The highest BCUT2D eigenvalue weighted by Crippen LogP contribution is 2.24. The summed E-state index contributed by atoms with van der Waals surface area (Å²) < 4.78 is 0.846. The van der Waals surface area contributed by atoms with E-state index in [2.05, 4.69) is 55.5 Å². The number of carbonyl (C=O) groups excluding carboxylic acids is 1. The number of benzene rings is 2. The summed E-state index contributed by atoms with van der Waals surface area (Å²) in [6.07, 6.45) is 4.92. The third-order valence-electron chi connectivity index (χ3n) is 3.69. The van der Waals surface area contributed by atoms with Gasteiger partial charge in [0.25, 0.3) is 5.91 Å². The van der Waals surface area contributed by atoms with Crippen LogP contribution in [0.2, 0.25) is 0 Å². The van der Waals surface area contributed by atoms with Crippen LogP contribution in [0.15, 0.2) is 71.2 Å². The van der Waals surface area contributed by atoms with Crippen LogP contribution in [0.1, 0.15) is 6.92 Å². The monoisotopic (exact) mass is 427 g/mol. The van der Waals surface area contributed by atoms with Crippen molar-refractivity contribution in [3.8, 4) is 0 Å². The number of amides is 1. The van der Waals surface area contributed by atoms with E-state index >= 15 is 0 Å². The van der Waals surface area contributed by atoms with Gasteiger partial charge in [-0.2, -0.15) is 0 Å². The molecule has 1 heterocycles. The molecule has 0 unspecified atom stereocenters. The summed E-state index contributed by atoms with van der Waals surface area (Å²) in [4.78, 5) is 20.3. The quantitative estimate of drug-likeness (QED) is 0.612. The van der Waals surface area contributed by atoms with Crippen molar-refractivity contribution >= 4 is 44.1 Å². The number of aromatic nitrogens is 2. The van der Waals surface area contributed by atoms with Crippen molar-refractivity contribution < 1.29 is 4.79 Å². The average molecular weight is 428 g/mol. The molecule has 140 valence electrons. The number of fused-ring (bicyclic) bond motifs is 1. The van der Waals surface area contributed by atoms with Crippen molar-refractivity contribution in [2.75, 3.05) is 19.4 Å². The molecule has 0 saturated heterocycles. The van der Waals surface area contributed by atoms with Gasteiger partial charge in [0.15, 0.2) is 0 Å². The summed E-state index contributed by atoms with van der Waals surface area (Å²) in [5, 5.41) is 5.69. The Morgan fingerprint density at radius 3 is 2.44 bits per heavy atom. The van der Waals surface area contributed by atoms with E-state index in [1.54, 1.807) is 38.2 Å². The molecular formula is C20H22BrN5O. The third-order valence-corrected chi connectivity index (χ3v) is 4.27. The van der Waals surface area contributed by atoms with Crippen molar-refractivity contribution in [1.29, 1.82) is 0 Å². The average Bonchev–Trinajstić information content (AvgIpc) is 2.64. The van der Waals surface area contributed by atoms with Crippen molar-refractivity contribution in [3.05, 3.63) is 71.2 Å². The first-order valence-electron chi connectivity index (χ1n) is 8.27. The lowest BCUT2D eigenvalue weighted by atomic mass is 10.1. The minimum atomic E-state index is -0.387. The maximum atomic E-state index is 10.5. The summed E-state index contributed by atoms with van der Waals surface area (Å²) in [7, 11) is 3.56. The molecule has 3 aromatic rings. The molecule has 6 nitrogen and oxygen atoms in total. The topological polar surface area (TPSA) is 84.1 Å². The molecular weight excluding hydrogens is 406 g/mol. The summed E-state index contributed by atoms with van der Waals surface area (Å²) in [6, 6.07) is 14.5. The Hall–Kier alpha value is -2.93. The third kappa shape index (κ3) is 5.79. The molecule has 0 aliphatic carbocycles. The van der Waals surface area contributed by atoms with E-state index in [1.165, 1.54) is 17.1 Å². The second-order valence-corrected chi connectivity index (χ2v) is 6.69. The molecule has 0 fully saturated rings. The Labute approximate surface area is 167 Å². The van der Waals surface area contributed by atoms with Crippen LogP contribution >= 0.6 is 15.9 Å². The number of likely N-dealkylation sites (N-methyl/N-ethyl adjacent to an activating group) is 1. The highest BCUT2D eigenvalue weighted by molar-refractivity contribution is 9.10. The van der Waals surface area contributed by atoms with Gasteiger partial charge in [-0.3, -0.25) is 4.79 Å². The molecule has 1 aromatic heterocycles. The van der Waals surface area contributed by atoms with Gasteiger partial charge in [-0.1, -0.05) is 36.4 Å². The van der Waals surface area contributed by atoms with Crippen molar-refractivity contribution in [2.45, 2.75) is 6.92 Å². The van der Waals surface area contributed by atoms with Gasteiger partial charge in [-0.15, -0.1) is 0 Å². The van der Waals surface area contributed by atoms with Crippen LogP contribution in [0.25, 0.3) is 10.8 Å². The number of nitrogens with two attached hydrogens (primary N) is 1. The number of hydrogen-bond donors (Lipinski definition) is 2. The second kappa shape index (κ2) is 9.68.